The highest BCUT2D eigenvalue weighted by atomic mass is 16.3. The van der Waals surface area contributed by atoms with Crippen molar-refractivity contribution in [2.24, 2.45) is 34.6 Å². The summed E-state index contributed by atoms with van der Waals surface area (Å²) in [5, 5.41) is 45.2. The Morgan fingerprint density at radius 1 is 1.23 bits per heavy atom. The molecule has 3 aliphatic carbocycles. The maximum atomic E-state index is 14.1. The molecule has 6 atom stereocenters. The molecule has 1 aromatic rings. The highest BCUT2D eigenvalue weighted by molar-refractivity contribution is 5.97. The zero-order valence-electron chi connectivity index (χ0n) is 29.3. The van der Waals surface area contributed by atoms with E-state index in [-0.39, 0.29) is 37.8 Å². The van der Waals surface area contributed by atoms with Gasteiger partial charge in [0.1, 0.15) is 0 Å². The molecule has 0 heterocycles. The van der Waals surface area contributed by atoms with E-state index in [1.165, 1.54) is 5.57 Å². The molecule has 8 N–H and O–H groups in total. The molecule has 2 fully saturated rings. The number of nitrogens with two attached hydrogens (primary N) is 2. The topological polar surface area (TPSA) is 150 Å². The molecular weight excluding hydrogens is 600 g/mol. The van der Waals surface area contributed by atoms with Crippen LogP contribution < -0.4 is 11.5 Å². The molecule has 4 rings (SSSR count). The summed E-state index contributed by atoms with van der Waals surface area (Å²) in [6.45, 7) is 11.7. The summed E-state index contributed by atoms with van der Waals surface area (Å²) in [4.78, 5) is 14.1. The molecule has 0 amide bonds. The van der Waals surface area contributed by atoms with Gasteiger partial charge in [0, 0.05) is 36.7 Å². The Labute approximate surface area is 287 Å². The first-order valence-corrected chi connectivity index (χ1v) is 17.4. The van der Waals surface area contributed by atoms with Crippen LogP contribution in [0.1, 0.15) is 95.5 Å². The van der Waals surface area contributed by atoms with Gasteiger partial charge in [-0.2, -0.15) is 0 Å². The van der Waals surface area contributed by atoms with Crippen molar-refractivity contribution in [3.05, 3.63) is 93.6 Å². The lowest BCUT2D eigenvalue weighted by Crippen LogP contribution is -2.61. The third-order valence-electron chi connectivity index (χ3n) is 11.1. The SMILES string of the molecule is C=C(C=CC=C(CO)C1CCC2(C(CCCO)C3=C(C)C(=O)Cc4cccc(C(N)N)c4CC#CC3CC2(C)O)C1O)CCC=C(C)C. The first kappa shape index (κ1) is 37.7. The Bertz CT molecular complexity index is 1550. The number of benzene rings is 1. The first-order chi connectivity index (χ1) is 22.8. The average molecular weight is 657 g/mol. The number of ketones is 1. The Morgan fingerprint density at radius 3 is 2.65 bits per heavy atom. The Kier molecular flexibility index (Phi) is 12.6. The molecule has 1 aromatic carbocycles. The van der Waals surface area contributed by atoms with E-state index in [1.807, 2.05) is 43.4 Å². The number of hydrogen-bond acceptors (Lipinski definition) is 7. The number of rotatable bonds is 11. The first-order valence-electron chi connectivity index (χ1n) is 17.4. The molecule has 0 radical (unpaired) electrons. The van der Waals surface area contributed by atoms with Crippen LogP contribution in [0.25, 0.3) is 0 Å². The van der Waals surface area contributed by atoms with Crippen molar-refractivity contribution < 1.29 is 25.2 Å². The Hall–Kier alpha value is -3.09. The van der Waals surface area contributed by atoms with Gasteiger partial charge in [-0.1, -0.05) is 72.1 Å². The number of aliphatic hydroxyl groups is 4. The molecule has 0 aromatic heterocycles. The third-order valence-corrected chi connectivity index (χ3v) is 11.1. The van der Waals surface area contributed by atoms with Crippen molar-refractivity contribution in [3.63, 3.8) is 0 Å². The summed E-state index contributed by atoms with van der Waals surface area (Å²) in [7, 11) is 0. The van der Waals surface area contributed by atoms with Gasteiger partial charge in [0.25, 0.3) is 0 Å². The monoisotopic (exact) mass is 656 g/mol. The average Bonchev–Trinajstić information content (AvgIpc) is 3.37. The maximum Gasteiger partial charge on any atom is 0.162 e. The number of aliphatic hydroxyl groups excluding tert-OH is 3. The highest BCUT2D eigenvalue weighted by Gasteiger charge is 2.65. The standard InChI is InChI=1S/C41H56N2O5/c1-26(2)11-6-12-27(3)13-7-16-31(25-45)33-20-21-41(38(33)47)35(19-10-22-44)37-28(4)36(46)23-29-14-8-18-34(39(42)43)32(29)17-9-15-30(37)24-40(41,5)48/h7-8,11,13-14,16,18,30,33,35,38-39,44-45,47-48H,3,6,10,12,17,19-25,42-43H2,1-2,4-5H3. The Morgan fingerprint density at radius 2 is 1.98 bits per heavy atom. The van der Waals surface area contributed by atoms with Gasteiger partial charge in [0.2, 0.25) is 0 Å². The molecule has 1 spiro atoms. The molecule has 2 saturated carbocycles. The molecule has 7 nitrogen and oxygen atoms in total. The van der Waals surface area contributed by atoms with E-state index in [0.717, 1.165) is 40.7 Å². The summed E-state index contributed by atoms with van der Waals surface area (Å²) >= 11 is 0. The fraction of sp³-hybridized carbons (Fsp3) is 0.537. The number of carbonyl (C=O) groups excluding carboxylic acids is 1. The van der Waals surface area contributed by atoms with Gasteiger partial charge >= 0.3 is 0 Å². The quantitative estimate of drug-likeness (QED) is 0.0821. The molecule has 0 saturated heterocycles. The van der Waals surface area contributed by atoms with Crippen molar-refractivity contribution in [3.8, 4) is 11.8 Å². The minimum absolute atomic E-state index is 0.0386. The fourth-order valence-electron chi connectivity index (χ4n) is 8.68. The second kappa shape index (κ2) is 16.1. The van der Waals surface area contributed by atoms with Gasteiger partial charge in [-0.15, -0.1) is 0 Å². The van der Waals surface area contributed by atoms with Crippen LogP contribution in [0.5, 0.6) is 0 Å². The zero-order valence-corrected chi connectivity index (χ0v) is 29.3. The number of Topliss-reactive ketones (excluding diaryl/α,β-unsaturated/α-hetero) is 1. The lowest BCUT2D eigenvalue weighted by atomic mass is 9.50. The maximum absolute atomic E-state index is 14.1. The fourth-order valence-corrected chi connectivity index (χ4v) is 8.68. The molecule has 7 heteroatoms. The molecule has 48 heavy (non-hydrogen) atoms. The number of hydrogen-bond donors (Lipinski definition) is 6. The summed E-state index contributed by atoms with van der Waals surface area (Å²) in [6.07, 6.45) is 10.8. The molecular formula is C41H56N2O5. The molecule has 6 unspecified atom stereocenters. The van der Waals surface area contributed by atoms with Crippen molar-refractivity contribution in [2.75, 3.05) is 13.2 Å². The Balaban J connectivity index is 1.75. The van der Waals surface area contributed by atoms with Crippen LogP contribution in [0.4, 0.5) is 0 Å². The van der Waals surface area contributed by atoms with Crippen LogP contribution in [-0.2, 0) is 17.6 Å². The van der Waals surface area contributed by atoms with Gasteiger partial charge in [-0.05, 0) is 112 Å². The molecule has 3 aliphatic rings. The van der Waals surface area contributed by atoms with E-state index >= 15 is 0 Å². The number of fused-ring (bicyclic) bond motifs is 2. The van der Waals surface area contributed by atoms with E-state index in [0.29, 0.717) is 43.3 Å². The summed E-state index contributed by atoms with van der Waals surface area (Å²) < 4.78 is 0. The van der Waals surface area contributed by atoms with Crippen LogP contribution in [0, 0.1) is 35.0 Å². The van der Waals surface area contributed by atoms with Gasteiger partial charge < -0.3 is 31.9 Å². The normalized spacial score (nSPS) is 29.1. The summed E-state index contributed by atoms with van der Waals surface area (Å²) in [5.74, 6) is 5.54. The minimum atomic E-state index is -1.34. The van der Waals surface area contributed by atoms with E-state index < -0.39 is 35.1 Å². The van der Waals surface area contributed by atoms with Crippen molar-refractivity contribution in [1.82, 2.24) is 0 Å². The van der Waals surface area contributed by atoms with Crippen molar-refractivity contribution >= 4 is 5.78 Å². The zero-order chi connectivity index (χ0) is 35.2. The van der Waals surface area contributed by atoms with Crippen LogP contribution in [0.15, 0.2) is 76.9 Å². The smallest absolute Gasteiger partial charge is 0.162 e. The second-order valence-corrected chi connectivity index (χ2v) is 14.5. The van der Waals surface area contributed by atoms with Crippen LogP contribution in [-0.4, -0.2) is 51.1 Å². The van der Waals surface area contributed by atoms with Gasteiger partial charge in [-0.25, -0.2) is 0 Å². The van der Waals surface area contributed by atoms with E-state index in [4.69, 9.17) is 11.5 Å². The predicted molar refractivity (Wildman–Crippen MR) is 192 cm³/mol. The van der Waals surface area contributed by atoms with Crippen molar-refractivity contribution in [2.45, 2.75) is 103 Å². The van der Waals surface area contributed by atoms with Crippen LogP contribution >= 0.6 is 0 Å². The van der Waals surface area contributed by atoms with E-state index in [2.05, 4.69) is 38.3 Å². The van der Waals surface area contributed by atoms with Crippen LogP contribution in [0.2, 0.25) is 0 Å². The molecule has 0 aliphatic heterocycles. The van der Waals surface area contributed by atoms with E-state index in [1.54, 1.807) is 6.92 Å². The summed E-state index contributed by atoms with van der Waals surface area (Å²) in [6, 6.07) is 5.67. The summed E-state index contributed by atoms with van der Waals surface area (Å²) in [5.41, 5.74) is 16.7. The van der Waals surface area contributed by atoms with Gasteiger partial charge in [-0.3, -0.25) is 4.79 Å². The van der Waals surface area contributed by atoms with Crippen LogP contribution in [0.3, 0.4) is 0 Å². The second-order valence-electron chi connectivity index (χ2n) is 14.5. The number of allylic oxidation sites excluding steroid dienone is 8. The van der Waals surface area contributed by atoms with Gasteiger partial charge in [0.05, 0.1) is 24.5 Å². The minimum Gasteiger partial charge on any atom is -0.396 e. The molecule has 0 bridgehead atoms. The van der Waals surface area contributed by atoms with Crippen molar-refractivity contribution in [1.29, 1.82) is 0 Å². The highest BCUT2D eigenvalue weighted by Crippen LogP contribution is 2.64. The molecule has 260 valence electrons. The third kappa shape index (κ3) is 7.70. The largest absolute Gasteiger partial charge is 0.396 e. The van der Waals surface area contributed by atoms with Gasteiger partial charge in [0.15, 0.2) is 5.78 Å². The van der Waals surface area contributed by atoms with E-state index in [9.17, 15) is 25.2 Å². The number of carbonyl (C=O) groups is 1. The predicted octanol–water partition coefficient (Wildman–Crippen LogP) is 5.28. The lowest BCUT2D eigenvalue weighted by Gasteiger charge is -2.57. The lowest BCUT2D eigenvalue weighted by molar-refractivity contribution is -0.173.